The van der Waals surface area contributed by atoms with Gasteiger partial charge < -0.3 is 4.98 Å². The Labute approximate surface area is 102 Å². The first-order valence-corrected chi connectivity index (χ1v) is 5.74. The number of pyridine rings is 1. The molecule has 4 heteroatoms. The van der Waals surface area contributed by atoms with Gasteiger partial charge in [-0.25, -0.2) is 4.98 Å². The Morgan fingerprint density at radius 3 is 2.78 bits per heavy atom. The second kappa shape index (κ2) is 3.04. The Balaban J connectivity index is 2.48. The van der Waals surface area contributed by atoms with E-state index in [9.17, 15) is 4.79 Å². The maximum atomic E-state index is 11.9. The Morgan fingerprint density at radius 1 is 1.06 bits per heavy atom. The predicted molar refractivity (Wildman–Crippen MR) is 71.1 cm³/mol. The second-order valence-electron chi connectivity index (χ2n) is 4.46. The number of hydrogen-bond acceptors (Lipinski definition) is 3. The van der Waals surface area contributed by atoms with Crippen molar-refractivity contribution in [3.8, 4) is 0 Å². The van der Waals surface area contributed by atoms with Crippen LogP contribution in [0.1, 0.15) is 5.82 Å². The molecule has 0 bridgehead atoms. The lowest BCUT2D eigenvalue weighted by molar-refractivity contribution is 1.12. The number of hydrogen-bond donors (Lipinski definition) is 1. The Bertz CT molecular complexity index is 937. The van der Waals surface area contributed by atoms with Gasteiger partial charge in [0.2, 0.25) is 5.43 Å². The molecule has 1 N–H and O–H groups in total. The van der Waals surface area contributed by atoms with Crippen LogP contribution in [-0.2, 0) is 0 Å². The summed E-state index contributed by atoms with van der Waals surface area (Å²) in [6, 6.07) is 7.64. The van der Waals surface area contributed by atoms with Crippen LogP contribution in [0.5, 0.6) is 0 Å². The van der Waals surface area contributed by atoms with E-state index in [0.717, 1.165) is 33.1 Å². The van der Waals surface area contributed by atoms with Crippen LogP contribution >= 0.6 is 0 Å². The minimum absolute atomic E-state index is 0.0440. The van der Waals surface area contributed by atoms with Gasteiger partial charge in [0.15, 0.2) is 0 Å². The predicted octanol–water partition coefficient (Wildman–Crippen LogP) is 2.37. The zero-order valence-corrected chi connectivity index (χ0v) is 9.69. The number of rotatable bonds is 0. The summed E-state index contributed by atoms with van der Waals surface area (Å²) in [5, 5.41) is 2.60. The molecule has 2 aromatic heterocycles. The van der Waals surface area contributed by atoms with Crippen molar-refractivity contribution in [2.75, 3.05) is 0 Å². The molecule has 2 heterocycles. The van der Waals surface area contributed by atoms with Gasteiger partial charge in [-0.3, -0.25) is 9.78 Å². The monoisotopic (exact) mass is 235 g/mol. The lowest BCUT2D eigenvalue weighted by Crippen LogP contribution is -2.03. The van der Waals surface area contributed by atoms with Crippen LogP contribution in [0.2, 0.25) is 0 Å². The summed E-state index contributed by atoms with van der Waals surface area (Å²) in [5.74, 6) is 0.858. The Hall–Kier alpha value is -2.49. The van der Waals surface area contributed by atoms with Gasteiger partial charge in [0.05, 0.1) is 17.2 Å². The average Bonchev–Trinajstić information content (AvgIpc) is 2.37. The van der Waals surface area contributed by atoms with Crippen LogP contribution < -0.4 is 5.43 Å². The molecule has 0 radical (unpaired) electrons. The lowest BCUT2D eigenvalue weighted by Gasteiger charge is -2.09. The number of aromatic nitrogens is 3. The quantitative estimate of drug-likeness (QED) is 0.476. The van der Waals surface area contributed by atoms with Crippen LogP contribution in [0, 0.1) is 6.92 Å². The molecule has 0 saturated heterocycles. The molecule has 0 unspecified atom stereocenters. The second-order valence-corrected chi connectivity index (χ2v) is 4.46. The Morgan fingerprint density at radius 2 is 1.89 bits per heavy atom. The minimum Gasteiger partial charge on any atom is -0.343 e. The van der Waals surface area contributed by atoms with Crippen LogP contribution in [-0.4, -0.2) is 15.0 Å². The van der Waals surface area contributed by atoms with Crippen molar-refractivity contribution in [2.24, 2.45) is 0 Å². The molecule has 0 fully saturated rings. The number of aryl methyl sites for hydroxylation is 1. The maximum Gasteiger partial charge on any atom is 0.204 e. The van der Waals surface area contributed by atoms with Crippen molar-refractivity contribution in [1.29, 1.82) is 0 Å². The van der Waals surface area contributed by atoms with Gasteiger partial charge >= 0.3 is 0 Å². The molecule has 0 atom stereocenters. The van der Waals surface area contributed by atoms with Crippen molar-refractivity contribution in [3.63, 3.8) is 0 Å². The molecule has 0 saturated carbocycles. The number of aromatic amines is 1. The molecule has 0 aliphatic heterocycles. The van der Waals surface area contributed by atoms with Crippen molar-refractivity contribution < 1.29 is 0 Å². The van der Waals surface area contributed by atoms with E-state index < -0.39 is 0 Å². The molecule has 4 rings (SSSR count). The fourth-order valence-corrected chi connectivity index (χ4v) is 2.57. The maximum absolute atomic E-state index is 11.9. The highest BCUT2D eigenvalue weighted by Crippen LogP contribution is 2.29. The van der Waals surface area contributed by atoms with Gasteiger partial charge in [0, 0.05) is 21.7 Å². The third-order valence-electron chi connectivity index (χ3n) is 3.31. The molecule has 18 heavy (non-hydrogen) atoms. The van der Waals surface area contributed by atoms with E-state index >= 15 is 0 Å². The van der Waals surface area contributed by atoms with E-state index in [2.05, 4.69) is 15.0 Å². The Kier molecular flexibility index (Phi) is 1.61. The zero-order valence-electron chi connectivity index (χ0n) is 9.69. The van der Waals surface area contributed by atoms with Crippen LogP contribution in [0.4, 0.5) is 0 Å². The lowest BCUT2D eigenvalue weighted by atomic mass is 10.0. The highest BCUT2D eigenvalue weighted by Gasteiger charge is 2.11. The summed E-state index contributed by atoms with van der Waals surface area (Å²) in [4.78, 5) is 23.8. The first-order chi connectivity index (χ1) is 8.74. The van der Waals surface area contributed by atoms with E-state index in [0.29, 0.717) is 5.39 Å². The molecule has 0 aliphatic rings. The number of nitrogens with one attached hydrogen (secondary N) is 1. The van der Waals surface area contributed by atoms with Crippen molar-refractivity contribution in [3.05, 3.63) is 46.5 Å². The zero-order chi connectivity index (χ0) is 12.3. The van der Waals surface area contributed by atoms with Gasteiger partial charge in [0.1, 0.15) is 5.82 Å². The first-order valence-electron chi connectivity index (χ1n) is 5.74. The van der Waals surface area contributed by atoms with Gasteiger partial charge in [-0.15, -0.1) is 0 Å². The molecule has 2 aromatic carbocycles. The third-order valence-corrected chi connectivity index (χ3v) is 3.31. The van der Waals surface area contributed by atoms with E-state index in [1.165, 1.54) is 6.20 Å². The van der Waals surface area contributed by atoms with Crippen LogP contribution in [0.3, 0.4) is 0 Å². The standard InChI is InChI=1S/C14H9N3O/c1-7-16-10-3-2-8-12(18)6-15-9-4-5-11(17-7)14(10)13(8)9/h2-6H,1H3,(H,16,17). The summed E-state index contributed by atoms with van der Waals surface area (Å²) < 4.78 is 0. The smallest absolute Gasteiger partial charge is 0.204 e. The van der Waals surface area contributed by atoms with Crippen molar-refractivity contribution >= 4 is 32.7 Å². The normalized spacial score (nSPS) is 11.8. The third kappa shape index (κ3) is 1.07. The van der Waals surface area contributed by atoms with Gasteiger partial charge in [0.25, 0.3) is 0 Å². The fourth-order valence-electron chi connectivity index (χ4n) is 2.57. The largest absolute Gasteiger partial charge is 0.343 e. The van der Waals surface area contributed by atoms with E-state index in [4.69, 9.17) is 0 Å². The summed E-state index contributed by atoms with van der Waals surface area (Å²) in [5.41, 5.74) is 2.67. The molecule has 0 spiro atoms. The highest BCUT2D eigenvalue weighted by molar-refractivity contribution is 6.20. The van der Waals surface area contributed by atoms with Crippen molar-refractivity contribution in [1.82, 2.24) is 15.0 Å². The molecule has 0 amide bonds. The molecular weight excluding hydrogens is 226 g/mol. The topological polar surface area (TPSA) is 58.6 Å². The number of H-pyrrole nitrogens is 1. The van der Waals surface area contributed by atoms with Gasteiger partial charge in [-0.05, 0) is 31.2 Å². The molecule has 4 nitrogen and oxygen atoms in total. The highest BCUT2D eigenvalue weighted by atomic mass is 16.1. The van der Waals surface area contributed by atoms with Crippen LogP contribution in [0.15, 0.2) is 35.3 Å². The first kappa shape index (κ1) is 9.53. The SMILES string of the molecule is Cc1nc2ccc3c(=O)cnc4ccc([nH]1)c2c43. The van der Waals surface area contributed by atoms with E-state index in [1.54, 1.807) is 0 Å². The number of benzene rings is 2. The fraction of sp³-hybridized carbons (Fsp3) is 0.0714. The summed E-state index contributed by atoms with van der Waals surface area (Å²) in [7, 11) is 0. The minimum atomic E-state index is -0.0440. The molecule has 4 aromatic rings. The van der Waals surface area contributed by atoms with E-state index in [1.807, 2.05) is 31.2 Å². The summed E-state index contributed by atoms with van der Waals surface area (Å²) in [6.07, 6.45) is 1.38. The molecular formula is C14H9N3O. The van der Waals surface area contributed by atoms with E-state index in [-0.39, 0.29) is 5.43 Å². The van der Waals surface area contributed by atoms with Crippen LogP contribution in [0.25, 0.3) is 32.7 Å². The van der Waals surface area contributed by atoms with Gasteiger partial charge in [-0.2, -0.15) is 0 Å². The molecule has 0 aliphatic carbocycles. The summed E-state index contributed by atoms with van der Waals surface area (Å²) in [6.45, 7) is 1.92. The molecule has 86 valence electrons. The van der Waals surface area contributed by atoms with Gasteiger partial charge in [-0.1, -0.05) is 0 Å². The summed E-state index contributed by atoms with van der Waals surface area (Å²) >= 11 is 0. The van der Waals surface area contributed by atoms with Crippen molar-refractivity contribution in [2.45, 2.75) is 6.92 Å². The number of nitrogens with zero attached hydrogens (tertiary/aromatic N) is 2. The average molecular weight is 235 g/mol.